The second kappa shape index (κ2) is 5.10. The Morgan fingerprint density at radius 3 is 3.00 bits per heavy atom. The van der Waals surface area contributed by atoms with Crippen molar-refractivity contribution in [2.24, 2.45) is 5.73 Å². The molecule has 0 saturated carbocycles. The van der Waals surface area contributed by atoms with Gasteiger partial charge in [0.15, 0.2) is 0 Å². The minimum Gasteiger partial charge on any atom is -0.376 e. The van der Waals surface area contributed by atoms with Gasteiger partial charge in [0.1, 0.15) is 0 Å². The molecule has 0 radical (unpaired) electrons. The van der Waals surface area contributed by atoms with E-state index in [0.29, 0.717) is 0 Å². The summed E-state index contributed by atoms with van der Waals surface area (Å²) in [4.78, 5) is 2.69. The molecule has 2 unspecified atom stereocenters. The normalized spacial score (nSPS) is 24.0. The van der Waals surface area contributed by atoms with Crippen LogP contribution in [0, 0.1) is 0 Å². The summed E-state index contributed by atoms with van der Waals surface area (Å²) in [5, 5.41) is 0. The van der Waals surface area contributed by atoms with Crippen LogP contribution in [0.2, 0.25) is 0 Å². The van der Waals surface area contributed by atoms with E-state index < -0.39 is 0 Å². The Labute approximate surface area is 95.4 Å². The van der Waals surface area contributed by atoms with E-state index in [1.807, 2.05) is 11.3 Å². The van der Waals surface area contributed by atoms with Crippen molar-refractivity contribution < 1.29 is 4.74 Å². The fourth-order valence-corrected chi connectivity index (χ4v) is 3.00. The Balaban J connectivity index is 2.02. The zero-order chi connectivity index (χ0) is 10.7. The minimum atomic E-state index is 0.0793. The standard InChI is InChI=1S/C12H19NOS/c1-2-9-6-7-11(15-9)12(13)10-5-3-4-8-14-10/h6-7,10,12H,2-5,8,13H2,1H3. The first-order valence-corrected chi connectivity index (χ1v) is 6.58. The van der Waals surface area contributed by atoms with E-state index in [4.69, 9.17) is 10.5 Å². The average molecular weight is 225 g/mol. The number of hydrogen-bond donors (Lipinski definition) is 1. The van der Waals surface area contributed by atoms with Crippen LogP contribution in [0.4, 0.5) is 0 Å². The van der Waals surface area contributed by atoms with Crippen LogP contribution in [0.3, 0.4) is 0 Å². The Morgan fingerprint density at radius 1 is 1.53 bits per heavy atom. The Kier molecular flexibility index (Phi) is 3.78. The maximum Gasteiger partial charge on any atom is 0.0775 e. The second-order valence-corrected chi connectivity index (χ2v) is 5.29. The van der Waals surface area contributed by atoms with Crippen molar-refractivity contribution in [3.63, 3.8) is 0 Å². The number of nitrogens with two attached hydrogens (primary N) is 1. The Bertz CT molecular complexity index is 304. The van der Waals surface area contributed by atoms with Crippen LogP contribution in [0.5, 0.6) is 0 Å². The minimum absolute atomic E-state index is 0.0793. The zero-order valence-corrected chi connectivity index (χ0v) is 10.1. The SMILES string of the molecule is CCc1ccc(C(N)C2CCCCO2)s1. The van der Waals surface area contributed by atoms with E-state index in [1.165, 1.54) is 22.6 Å². The first-order valence-electron chi connectivity index (χ1n) is 5.77. The van der Waals surface area contributed by atoms with Gasteiger partial charge in [-0.25, -0.2) is 0 Å². The van der Waals surface area contributed by atoms with E-state index >= 15 is 0 Å². The van der Waals surface area contributed by atoms with Gasteiger partial charge in [-0.2, -0.15) is 0 Å². The van der Waals surface area contributed by atoms with Crippen molar-refractivity contribution >= 4 is 11.3 Å². The van der Waals surface area contributed by atoms with Crippen LogP contribution in [0.25, 0.3) is 0 Å². The zero-order valence-electron chi connectivity index (χ0n) is 9.24. The molecule has 2 heterocycles. The van der Waals surface area contributed by atoms with Gasteiger partial charge in [-0.05, 0) is 37.8 Å². The van der Waals surface area contributed by atoms with Crippen molar-refractivity contribution in [3.8, 4) is 0 Å². The fraction of sp³-hybridized carbons (Fsp3) is 0.667. The maximum absolute atomic E-state index is 6.22. The number of aryl methyl sites for hydroxylation is 1. The predicted octanol–water partition coefficient (Wildman–Crippen LogP) is 2.88. The molecular weight excluding hydrogens is 206 g/mol. The number of thiophene rings is 1. The van der Waals surface area contributed by atoms with Gasteiger partial charge in [0.25, 0.3) is 0 Å². The second-order valence-electron chi connectivity index (χ2n) is 4.09. The van der Waals surface area contributed by atoms with Gasteiger partial charge >= 0.3 is 0 Å². The van der Waals surface area contributed by atoms with E-state index in [2.05, 4.69) is 19.1 Å². The number of hydrogen-bond acceptors (Lipinski definition) is 3. The highest BCUT2D eigenvalue weighted by atomic mass is 32.1. The molecule has 2 nitrogen and oxygen atoms in total. The summed E-state index contributed by atoms with van der Waals surface area (Å²) in [6.07, 6.45) is 4.89. The molecule has 2 rings (SSSR count). The molecule has 0 bridgehead atoms. The van der Waals surface area contributed by atoms with Gasteiger partial charge in [-0.3, -0.25) is 0 Å². The molecular formula is C12H19NOS. The third-order valence-electron chi connectivity index (χ3n) is 2.97. The van der Waals surface area contributed by atoms with E-state index in [-0.39, 0.29) is 12.1 Å². The van der Waals surface area contributed by atoms with Crippen molar-refractivity contribution in [2.75, 3.05) is 6.61 Å². The topological polar surface area (TPSA) is 35.2 Å². The number of ether oxygens (including phenoxy) is 1. The van der Waals surface area contributed by atoms with E-state index in [1.54, 1.807) is 0 Å². The highest BCUT2D eigenvalue weighted by molar-refractivity contribution is 7.12. The highest BCUT2D eigenvalue weighted by Crippen LogP contribution is 2.29. The molecule has 1 aromatic rings. The molecule has 1 saturated heterocycles. The fourth-order valence-electron chi connectivity index (χ4n) is 2.00. The van der Waals surface area contributed by atoms with Gasteiger partial charge < -0.3 is 10.5 Å². The van der Waals surface area contributed by atoms with Crippen molar-refractivity contribution in [1.82, 2.24) is 0 Å². The van der Waals surface area contributed by atoms with Crippen molar-refractivity contribution in [2.45, 2.75) is 44.8 Å². The summed E-state index contributed by atoms with van der Waals surface area (Å²) in [5.41, 5.74) is 6.22. The molecule has 1 aliphatic rings. The molecule has 2 N–H and O–H groups in total. The summed E-state index contributed by atoms with van der Waals surface area (Å²) in [5.74, 6) is 0. The van der Waals surface area contributed by atoms with Gasteiger partial charge in [0, 0.05) is 16.4 Å². The highest BCUT2D eigenvalue weighted by Gasteiger charge is 2.23. The molecule has 1 aliphatic heterocycles. The van der Waals surface area contributed by atoms with E-state index in [9.17, 15) is 0 Å². The van der Waals surface area contributed by atoms with Gasteiger partial charge in [-0.15, -0.1) is 11.3 Å². The van der Waals surface area contributed by atoms with Gasteiger partial charge in [0.05, 0.1) is 12.1 Å². The molecule has 15 heavy (non-hydrogen) atoms. The lowest BCUT2D eigenvalue weighted by Gasteiger charge is -2.27. The third-order valence-corrected chi connectivity index (χ3v) is 4.31. The number of rotatable bonds is 3. The largest absolute Gasteiger partial charge is 0.376 e. The first kappa shape index (κ1) is 11.1. The van der Waals surface area contributed by atoms with E-state index in [0.717, 1.165) is 19.4 Å². The molecule has 84 valence electrons. The van der Waals surface area contributed by atoms with Crippen LogP contribution in [-0.4, -0.2) is 12.7 Å². The third kappa shape index (κ3) is 2.60. The molecule has 0 aliphatic carbocycles. The molecule has 2 atom stereocenters. The van der Waals surface area contributed by atoms with Crippen molar-refractivity contribution in [3.05, 3.63) is 21.9 Å². The monoisotopic (exact) mass is 225 g/mol. The predicted molar refractivity (Wildman–Crippen MR) is 64.2 cm³/mol. The molecule has 0 aromatic carbocycles. The van der Waals surface area contributed by atoms with Gasteiger partial charge in [0.2, 0.25) is 0 Å². The summed E-state index contributed by atoms with van der Waals surface area (Å²) in [6.45, 7) is 3.06. The van der Waals surface area contributed by atoms with Gasteiger partial charge in [-0.1, -0.05) is 6.92 Å². The Morgan fingerprint density at radius 2 is 2.40 bits per heavy atom. The summed E-state index contributed by atoms with van der Waals surface area (Å²) < 4.78 is 5.72. The van der Waals surface area contributed by atoms with Crippen LogP contribution >= 0.6 is 11.3 Å². The van der Waals surface area contributed by atoms with Crippen LogP contribution < -0.4 is 5.73 Å². The lowest BCUT2D eigenvalue weighted by molar-refractivity contribution is 0.000669. The van der Waals surface area contributed by atoms with Crippen LogP contribution in [0.1, 0.15) is 42.0 Å². The van der Waals surface area contributed by atoms with Crippen molar-refractivity contribution in [1.29, 1.82) is 0 Å². The van der Waals surface area contributed by atoms with Crippen LogP contribution in [-0.2, 0) is 11.2 Å². The first-order chi connectivity index (χ1) is 7.31. The molecule has 1 fully saturated rings. The molecule has 0 spiro atoms. The average Bonchev–Trinajstić information content (AvgIpc) is 2.78. The van der Waals surface area contributed by atoms with Crippen LogP contribution in [0.15, 0.2) is 12.1 Å². The Hall–Kier alpha value is -0.380. The quantitative estimate of drug-likeness (QED) is 0.858. The lowest BCUT2D eigenvalue weighted by Crippen LogP contribution is -2.31. The summed E-state index contributed by atoms with van der Waals surface area (Å²) >= 11 is 1.83. The maximum atomic E-state index is 6.22. The molecule has 0 amide bonds. The lowest BCUT2D eigenvalue weighted by atomic mass is 10.0. The summed E-state index contributed by atoms with van der Waals surface area (Å²) in [6, 6.07) is 4.42. The smallest absolute Gasteiger partial charge is 0.0775 e. The molecule has 1 aromatic heterocycles. The summed E-state index contributed by atoms with van der Waals surface area (Å²) in [7, 11) is 0. The molecule has 3 heteroatoms.